The van der Waals surface area contributed by atoms with Crippen LogP contribution in [0.2, 0.25) is 0 Å². The van der Waals surface area contributed by atoms with Gasteiger partial charge in [0.05, 0.1) is 17.2 Å². The van der Waals surface area contributed by atoms with Crippen LogP contribution in [-0.4, -0.2) is 32.6 Å². The van der Waals surface area contributed by atoms with Crippen LogP contribution in [0.3, 0.4) is 0 Å². The van der Waals surface area contributed by atoms with Crippen molar-refractivity contribution < 1.29 is 14.7 Å². The Morgan fingerprint density at radius 3 is 2.54 bits per heavy atom. The van der Waals surface area contributed by atoms with E-state index in [4.69, 9.17) is 0 Å². The summed E-state index contributed by atoms with van der Waals surface area (Å²) in [6, 6.07) is 6.45. The summed E-state index contributed by atoms with van der Waals surface area (Å²) in [4.78, 5) is 40.7. The average molecular weight is 385 g/mol. The van der Waals surface area contributed by atoms with Crippen molar-refractivity contribution in [1.82, 2.24) is 14.9 Å². The monoisotopic (exact) mass is 385 g/mol. The Morgan fingerprint density at radius 2 is 1.89 bits per heavy atom. The number of para-hydroxylation sites is 1. The van der Waals surface area contributed by atoms with Crippen molar-refractivity contribution in [3.05, 3.63) is 40.9 Å². The molecule has 1 aromatic carbocycles. The van der Waals surface area contributed by atoms with Gasteiger partial charge in [0.15, 0.2) is 0 Å². The Balaban J connectivity index is 1.59. The first-order valence-corrected chi connectivity index (χ1v) is 9.84. The SMILES string of the molecule is CC(C)C(NC(=O)C1CCC(Cn2cnc3ccccc3c2=O)CC1)C(=O)O. The molecule has 7 nitrogen and oxygen atoms in total. The molecule has 1 atom stereocenters. The lowest BCUT2D eigenvalue weighted by Gasteiger charge is -2.29. The van der Waals surface area contributed by atoms with Gasteiger partial charge < -0.3 is 10.4 Å². The van der Waals surface area contributed by atoms with Crippen LogP contribution >= 0.6 is 0 Å². The van der Waals surface area contributed by atoms with Crippen LogP contribution in [-0.2, 0) is 16.1 Å². The molecule has 2 aromatic rings. The molecule has 1 amide bonds. The number of fused-ring (bicyclic) bond motifs is 1. The number of aromatic nitrogens is 2. The Hall–Kier alpha value is -2.70. The van der Waals surface area contributed by atoms with Crippen LogP contribution in [0.1, 0.15) is 39.5 Å². The highest BCUT2D eigenvalue weighted by atomic mass is 16.4. The summed E-state index contributed by atoms with van der Waals surface area (Å²) in [5.74, 6) is -1.19. The van der Waals surface area contributed by atoms with Gasteiger partial charge in [0.25, 0.3) is 5.56 Å². The fourth-order valence-electron chi connectivity index (χ4n) is 3.91. The molecule has 1 aliphatic carbocycles. The third-order valence-corrected chi connectivity index (χ3v) is 5.63. The minimum absolute atomic E-state index is 0.0355. The van der Waals surface area contributed by atoms with Gasteiger partial charge in [-0.15, -0.1) is 0 Å². The van der Waals surface area contributed by atoms with E-state index in [9.17, 15) is 19.5 Å². The van der Waals surface area contributed by atoms with Crippen molar-refractivity contribution in [2.24, 2.45) is 17.8 Å². The average Bonchev–Trinajstić information content (AvgIpc) is 2.68. The van der Waals surface area contributed by atoms with E-state index >= 15 is 0 Å². The van der Waals surface area contributed by atoms with Gasteiger partial charge in [0, 0.05) is 12.5 Å². The van der Waals surface area contributed by atoms with Gasteiger partial charge in [-0.05, 0) is 49.7 Å². The Kier molecular flexibility index (Phi) is 6.11. The second kappa shape index (κ2) is 8.54. The zero-order valence-electron chi connectivity index (χ0n) is 16.3. The minimum atomic E-state index is -1.000. The van der Waals surface area contributed by atoms with Crippen LogP contribution in [0, 0.1) is 17.8 Å². The number of hydrogen-bond acceptors (Lipinski definition) is 4. The van der Waals surface area contributed by atoms with Crippen LogP contribution in [0.5, 0.6) is 0 Å². The first-order chi connectivity index (χ1) is 13.4. The molecule has 1 heterocycles. The molecule has 0 bridgehead atoms. The molecule has 1 fully saturated rings. The molecule has 0 aliphatic heterocycles. The van der Waals surface area contributed by atoms with Crippen molar-refractivity contribution in [3.63, 3.8) is 0 Å². The molecular weight excluding hydrogens is 358 g/mol. The first-order valence-electron chi connectivity index (χ1n) is 9.84. The van der Waals surface area contributed by atoms with E-state index < -0.39 is 12.0 Å². The number of benzene rings is 1. The van der Waals surface area contributed by atoms with Gasteiger partial charge in [-0.25, -0.2) is 9.78 Å². The van der Waals surface area contributed by atoms with Gasteiger partial charge in [-0.2, -0.15) is 0 Å². The maximum Gasteiger partial charge on any atom is 0.326 e. The summed E-state index contributed by atoms with van der Waals surface area (Å²) in [6.45, 7) is 4.16. The Labute approximate surface area is 163 Å². The molecule has 0 saturated heterocycles. The highest BCUT2D eigenvalue weighted by molar-refractivity contribution is 5.85. The summed E-state index contributed by atoms with van der Waals surface area (Å²) >= 11 is 0. The van der Waals surface area contributed by atoms with Crippen molar-refractivity contribution >= 4 is 22.8 Å². The number of carboxylic acid groups (broad SMARTS) is 1. The lowest BCUT2D eigenvalue weighted by Crippen LogP contribution is -2.47. The number of rotatable bonds is 6. The lowest BCUT2D eigenvalue weighted by atomic mass is 9.81. The van der Waals surface area contributed by atoms with E-state index in [1.165, 1.54) is 0 Å². The normalized spacial score (nSPS) is 20.8. The van der Waals surface area contributed by atoms with Crippen molar-refractivity contribution in [1.29, 1.82) is 0 Å². The van der Waals surface area contributed by atoms with Gasteiger partial charge in [-0.1, -0.05) is 26.0 Å². The van der Waals surface area contributed by atoms with E-state index in [2.05, 4.69) is 10.3 Å². The fraction of sp³-hybridized carbons (Fsp3) is 0.524. The number of aliphatic carboxylic acids is 1. The quantitative estimate of drug-likeness (QED) is 0.795. The van der Waals surface area contributed by atoms with Gasteiger partial charge >= 0.3 is 5.97 Å². The Bertz CT molecular complexity index is 913. The van der Waals surface area contributed by atoms with Crippen molar-refractivity contribution in [2.75, 3.05) is 0 Å². The number of carbonyl (C=O) groups is 2. The molecular formula is C21H27N3O4. The van der Waals surface area contributed by atoms with E-state index in [-0.39, 0.29) is 23.3 Å². The predicted molar refractivity (Wildman–Crippen MR) is 106 cm³/mol. The number of carbonyl (C=O) groups excluding carboxylic acids is 1. The number of carboxylic acids is 1. The number of nitrogens with one attached hydrogen (secondary N) is 1. The number of nitrogens with zero attached hydrogens (tertiary/aromatic N) is 2. The molecule has 0 radical (unpaired) electrons. The molecule has 3 rings (SSSR count). The van der Waals surface area contributed by atoms with Crippen molar-refractivity contribution in [2.45, 2.75) is 52.1 Å². The number of amides is 1. The van der Waals surface area contributed by atoms with E-state index in [0.717, 1.165) is 12.8 Å². The summed E-state index contributed by atoms with van der Waals surface area (Å²) in [7, 11) is 0. The second-order valence-corrected chi connectivity index (χ2v) is 8.01. The second-order valence-electron chi connectivity index (χ2n) is 8.01. The van der Waals surface area contributed by atoms with E-state index in [0.29, 0.717) is 36.2 Å². The van der Waals surface area contributed by atoms with Gasteiger partial charge in [0.1, 0.15) is 6.04 Å². The molecule has 28 heavy (non-hydrogen) atoms. The van der Waals surface area contributed by atoms with Crippen molar-refractivity contribution in [3.8, 4) is 0 Å². The lowest BCUT2D eigenvalue weighted by molar-refractivity contribution is -0.144. The highest BCUT2D eigenvalue weighted by Gasteiger charge is 2.30. The standard InChI is InChI=1S/C21H27N3O4/c1-13(2)18(21(27)28)23-19(25)15-9-7-14(8-10-15)11-24-12-22-17-6-4-3-5-16(17)20(24)26/h3-6,12-15,18H,7-11H2,1-2H3,(H,23,25)(H,27,28). The Morgan fingerprint density at radius 1 is 1.21 bits per heavy atom. The first kappa shape index (κ1) is 20.0. The molecule has 150 valence electrons. The molecule has 1 unspecified atom stereocenters. The van der Waals surface area contributed by atoms with Gasteiger partial charge in [0.2, 0.25) is 5.91 Å². The minimum Gasteiger partial charge on any atom is -0.480 e. The fourth-order valence-corrected chi connectivity index (χ4v) is 3.91. The topological polar surface area (TPSA) is 101 Å². The third kappa shape index (κ3) is 4.40. The smallest absolute Gasteiger partial charge is 0.326 e. The molecule has 1 aliphatic rings. The van der Waals surface area contributed by atoms with Crippen LogP contribution in [0.4, 0.5) is 0 Å². The predicted octanol–water partition coefficient (Wildman–Crippen LogP) is 2.43. The van der Waals surface area contributed by atoms with E-state index in [1.807, 2.05) is 18.2 Å². The molecule has 7 heteroatoms. The summed E-state index contributed by atoms with van der Waals surface area (Å²) < 4.78 is 1.66. The number of hydrogen-bond donors (Lipinski definition) is 2. The zero-order chi connectivity index (χ0) is 20.3. The van der Waals surface area contributed by atoms with Crippen LogP contribution in [0.15, 0.2) is 35.4 Å². The van der Waals surface area contributed by atoms with Crippen LogP contribution < -0.4 is 10.9 Å². The maximum atomic E-state index is 12.6. The van der Waals surface area contributed by atoms with Gasteiger partial charge in [-0.3, -0.25) is 14.2 Å². The summed E-state index contributed by atoms with van der Waals surface area (Å²) in [5, 5.41) is 12.5. The molecule has 1 saturated carbocycles. The zero-order valence-corrected chi connectivity index (χ0v) is 16.3. The third-order valence-electron chi connectivity index (χ3n) is 5.63. The highest BCUT2D eigenvalue weighted by Crippen LogP contribution is 2.30. The summed E-state index contributed by atoms with van der Waals surface area (Å²) in [5.41, 5.74) is 0.661. The molecule has 1 aromatic heterocycles. The largest absolute Gasteiger partial charge is 0.480 e. The molecule has 2 N–H and O–H groups in total. The summed E-state index contributed by atoms with van der Waals surface area (Å²) in [6.07, 6.45) is 4.67. The van der Waals surface area contributed by atoms with Crippen LogP contribution in [0.25, 0.3) is 10.9 Å². The molecule has 0 spiro atoms. The van der Waals surface area contributed by atoms with E-state index in [1.54, 1.807) is 30.8 Å². The maximum absolute atomic E-state index is 12.6.